The average Bonchev–Trinajstić information content (AvgIpc) is 3.31. The summed E-state index contributed by atoms with van der Waals surface area (Å²) in [6, 6.07) is 11.9. The molecule has 3 aromatic rings. The Morgan fingerprint density at radius 2 is 1.97 bits per heavy atom. The monoisotopic (exact) mass is 444 g/mol. The van der Waals surface area contributed by atoms with Crippen molar-refractivity contribution in [1.29, 1.82) is 0 Å². The van der Waals surface area contributed by atoms with Gasteiger partial charge in [-0.1, -0.05) is 23.7 Å². The quantitative estimate of drug-likeness (QED) is 0.576. The fraction of sp³-hybridized carbons (Fsp3) is 0.286. The number of rotatable bonds is 4. The molecule has 0 spiro atoms. The number of amides is 1. The van der Waals surface area contributed by atoms with Gasteiger partial charge in [0.2, 0.25) is 5.91 Å². The lowest BCUT2D eigenvalue weighted by atomic mass is 10.0. The maximum atomic E-state index is 13.0. The molecule has 5 rings (SSSR count). The number of nitrogens with zero attached hydrogens (tertiary/aromatic N) is 1. The first-order chi connectivity index (χ1) is 14.4. The summed E-state index contributed by atoms with van der Waals surface area (Å²) in [5, 5.41) is 4.61. The molecular formula is C21H21ClN4O3S. The van der Waals surface area contributed by atoms with E-state index in [0.717, 1.165) is 30.6 Å². The molecule has 1 atom stereocenters. The van der Waals surface area contributed by atoms with Crippen LogP contribution in [0.5, 0.6) is 0 Å². The molecule has 1 amide bonds. The van der Waals surface area contributed by atoms with Crippen molar-refractivity contribution in [2.75, 3.05) is 18.0 Å². The number of benzene rings is 2. The summed E-state index contributed by atoms with van der Waals surface area (Å²) in [5.41, 5.74) is 3.93. The van der Waals surface area contributed by atoms with E-state index in [0.29, 0.717) is 23.5 Å². The lowest BCUT2D eigenvalue weighted by Gasteiger charge is -2.22. The van der Waals surface area contributed by atoms with Crippen molar-refractivity contribution >= 4 is 44.1 Å². The van der Waals surface area contributed by atoms with Crippen LogP contribution in [0.25, 0.3) is 10.9 Å². The Hall–Kier alpha value is -2.39. The van der Waals surface area contributed by atoms with Crippen LogP contribution in [0.3, 0.4) is 0 Å². The molecule has 156 valence electrons. The van der Waals surface area contributed by atoms with Gasteiger partial charge in [0.15, 0.2) is 0 Å². The Balaban J connectivity index is 1.36. The molecule has 3 heterocycles. The van der Waals surface area contributed by atoms with Crippen molar-refractivity contribution in [1.82, 2.24) is 15.0 Å². The van der Waals surface area contributed by atoms with Gasteiger partial charge in [-0.25, -0.2) is 8.42 Å². The van der Waals surface area contributed by atoms with E-state index < -0.39 is 16.1 Å². The van der Waals surface area contributed by atoms with Gasteiger partial charge in [-0.2, -0.15) is 4.72 Å². The zero-order valence-electron chi connectivity index (χ0n) is 16.1. The number of carbonyl (C=O) groups excluding carboxylic acids is 1. The summed E-state index contributed by atoms with van der Waals surface area (Å²) in [5.74, 6) is -0.230. The van der Waals surface area contributed by atoms with Crippen molar-refractivity contribution in [3.8, 4) is 0 Å². The van der Waals surface area contributed by atoms with Crippen molar-refractivity contribution in [2.45, 2.75) is 30.5 Å². The van der Waals surface area contributed by atoms with Crippen LogP contribution in [0.1, 0.15) is 17.5 Å². The standard InChI is InChI=1S/C21H21ClN4O3S/c22-16-3-1-14-10-20(24-19(14)11-16)30(28,29)25-18-6-8-26(21(18)27)17-4-2-15-12-23-7-5-13(15)9-17/h1-4,9-11,18,23-25H,5-8,12H2/t18-/m0/s1. The highest BCUT2D eigenvalue weighted by atomic mass is 35.5. The molecule has 2 aromatic carbocycles. The number of fused-ring (bicyclic) bond motifs is 2. The number of hydrogen-bond donors (Lipinski definition) is 3. The van der Waals surface area contributed by atoms with E-state index in [1.165, 1.54) is 11.1 Å². The van der Waals surface area contributed by atoms with E-state index in [2.05, 4.69) is 15.0 Å². The molecule has 0 aliphatic carbocycles. The average molecular weight is 445 g/mol. The van der Waals surface area contributed by atoms with Gasteiger partial charge in [-0.15, -0.1) is 0 Å². The highest BCUT2D eigenvalue weighted by Gasteiger charge is 2.36. The zero-order valence-corrected chi connectivity index (χ0v) is 17.7. The molecule has 1 fully saturated rings. The van der Waals surface area contributed by atoms with Gasteiger partial charge in [-0.05, 0) is 60.8 Å². The number of H-pyrrole nitrogens is 1. The van der Waals surface area contributed by atoms with E-state index in [4.69, 9.17) is 11.6 Å². The molecule has 0 saturated carbocycles. The number of sulfonamides is 1. The summed E-state index contributed by atoms with van der Waals surface area (Å²) >= 11 is 5.98. The predicted molar refractivity (Wildman–Crippen MR) is 116 cm³/mol. The number of halogens is 1. The van der Waals surface area contributed by atoms with E-state index in [1.54, 1.807) is 29.2 Å². The Bertz CT molecular complexity index is 1250. The smallest absolute Gasteiger partial charge is 0.256 e. The second-order valence-electron chi connectivity index (χ2n) is 7.70. The normalized spacial score (nSPS) is 19.4. The Kier molecular flexibility index (Phi) is 4.82. The lowest BCUT2D eigenvalue weighted by molar-refractivity contribution is -0.118. The van der Waals surface area contributed by atoms with Crippen molar-refractivity contribution in [2.24, 2.45) is 0 Å². The minimum atomic E-state index is -3.88. The summed E-state index contributed by atoms with van der Waals surface area (Å²) in [6.07, 6.45) is 1.34. The van der Waals surface area contributed by atoms with Gasteiger partial charge < -0.3 is 15.2 Å². The zero-order chi connectivity index (χ0) is 20.9. The van der Waals surface area contributed by atoms with Crippen LogP contribution < -0.4 is 14.9 Å². The number of aromatic amines is 1. The van der Waals surface area contributed by atoms with Crippen LogP contribution in [-0.4, -0.2) is 38.4 Å². The molecule has 0 bridgehead atoms. The lowest BCUT2D eigenvalue weighted by Crippen LogP contribution is -2.41. The fourth-order valence-electron chi connectivity index (χ4n) is 4.15. The van der Waals surface area contributed by atoms with Crippen LogP contribution in [0.15, 0.2) is 47.5 Å². The molecule has 1 aromatic heterocycles. The minimum Gasteiger partial charge on any atom is -0.344 e. The molecule has 2 aliphatic heterocycles. The van der Waals surface area contributed by atoms with Gasteiger partial charge in [0.05, 0.1) is 0 Å². The van der Waals surface area contributed by atoms with Gasteiger partial charge in [0, 0.05) is 34.7 Å². The van der Waals surface area contributed by atoms with Crippen LogP contribution in [-0.2, 0) is 27.8 Å². The largest absolute Gasteiger partial charge is 0.344 e. The van der Waals surface area contributed by atoms with Crippen molar-refractivity contribution in [3.05, 3.63) is 58.6 Å². The third kappa shape index (κ3) is 3.50. The Morgan fingerprint density at radius 3 is 2.83 bits per heavy atom. The molecular weight excluding hydrogens is 424 g/mol. The highest BCUT2D eigenvalue weighted by molar-refractivity contribution is 7.89. The number of hydrogen-bond acceptors (Lipinski definition) is 4. The minimum absolute atomic E-state index is 0.0206. The van der Waals surface area contributed by atoms with Crippen LogP contribution in [0, 0.1) is 0 Å². The second-order valence-corrected chi connectivity index (χ2v) is 9.82. The van der Waals surface area contributed by atoms with Crippen molar-refractivity contribution < 1.29 is 13.2 Å². The third-order valence-corrected chi connectivity index (χ3v) is 7.37. The number of aromatic nitrogens is 1. The Morgan fingerprint density at radius 1 is 1.10 bits per heavy atom. The van der Waals surface area contributed by atoms with E-state index >= 15 is 0 Å². The molecule has 0 radical (unpaired) electrons. The summed E-state index contributed by atoms with van der Waals surface area (Å²) < 4.78 is 28.3. The maximum absolute atomic E-state index is 13.0. The molecule has 7 nitrogen and oxygen atoms in total. The highest BCUT2D eigenvalue weighted by Crippen LogP contribution is 2.27. The first-order valence-corrected chi connectivity index (χ1v) is 11.7. The number of nitrogens with one attached hydrogen (secondary N) is 3. The number of anilines is 1. The Labute approximate surface area is 179 Å². The molecule has 3 N–H and O–H groups in total. The van der Waals surface area contributed by atoms with Crippen LogP contribution in [0.2, 0.25) is 5.02 Å². The molecule has 9 heteroatoms. The van der Waals surface area contributed by atoms with Gasteiger partial charge in [0.25, 0.3) is 10.0 Å². The van der Waals surface area contributed by atoms with Crippen LogP contribution in [0.4, 0.5) is 5.69 Å². The van der Waals surface area contributed by atoms with Gasteiger partial charge in [-0.3, -0.25) is 4.79 Å². The molecule has 30 heavy (non-hydrogen) atoms. The number of carbonyl (C=O) groups is 1. The van der Waals surface area contributed by atoms with Crippen LogP contribution >= 0.6 is 11.6 Å². The summed E-state index contributed by atoms with van der Waals surface area (Å²) in [4.78, 5) is 17.5. The molecule has 0 unspecified atom stereocenters. The van der Waals surface area contributed by atoms with Crippen molar-refractivity contribution in [3.63, 3.8) is 0 Å². The third-order valence-electron chi connectivity index (χ3n) is 5.74. The van der Waals surface area contributed by atoms with Gasteiger partial charge >= 0.3 is 0 Å². The first kappa shape index (κ1) is 19.6. The van der Waals surface area contributed by atoms with Gasteiger partial charge in [0.1, 0.15) is 11.1 Å². The van der Waals surface area contributed by atoms with E-state index in [9.17, 15) is 13.2 Å². The van der Waals surface area contributed by atoms with E-state index in [-0.39, 0.29) is 10.9 Å². The van der Waals surface area contributed by atoms with E-state index in [1.807, 2.05) is 18.2 Å². The predicted octanol–water partition coefficient (Wildman–Crippen LogP) is 2.55. The molecule has 2 aliphatic rings. The first-order valence-electron chi connectivity index (χ1n) is 9.85. The summed E-state index contributed by atoms with van der Waals surface area (Å²) in [6.45, 7) is 2.23. The molecule has 1 saturated heterocycles. The fourth-order valence-corrected chi connectivity index (χ4v) is 5.56. The second kappa shape index (κ2) is 7.39. The maximum Gasteiger partial charge on any atom is 0.256 e. The SMILES string of the molecule is O=C1[C@@H](NS(=O)(=O)c2cc3ccc(Cl)cc3[nH]2)CCN1c1ccc2c(c1)CCNC2. The summed E-state index contributed by atoms with van der Waals surface area (Å²) in [7, 11) is -3.88. The topological polar surface area (TPSA) is 94.3 Å².